The quantitative estimate of drug-likeness (QED) is 0.611. The summed E-state index contributed by atoms with van der Waals surface area (Å²) in [4.78, 5) is 0. The smallest absolute Gasteiger partial charge is 0.488 e. The van der Waals surface area contributed by atoms with Crippen LogP contribution in [0, 0.1) is 0 Å². The Bertz CT molecular complexity index is 335. The third kappa shape index (κ3) is 1.59. The minimum Gasteiger partial charge on any atom is -0.488 e. The summed E-state index contributed by atoms with van der Waals surface area (Å²) in [6.45, 7) is 0. The number of benzene rings is 1. The molecule has 1 aliphatic heterocycles. The first-order valence-electron chi connectivity index (χ1n) is 4.07. The van der Waals surface area contributed by atoms with E-state index >= 15 is 0 Å². The summed E-state index contributed by atoms with van der Waals surface area (Å²) in [6.07, 6.45) is 3.45. The molecule has 0 saturated carbocycles. The highest BCUT2D eigenvalue weighted by Gasteiger charge is 2.25. The standard InChI is InChI=1S/C9H9BO3/c11-10(12)9-6-5-7-3-1-2-4-8(7)13-9/h1-6,9,11-12H. The number of hydrogen-bond donors (Lipinski definition) is 2. The van der Waals surface area contributed by atoms with E-state index < -0.39 is 13.1 Å². The fourth-order valence-electron chi connectivity index (χ4n) is 1.27. The van der Waals surface area contributed by atoms with Crippen LogP contribution in [0.15, 0.2) is 30.3 Å². The molecular weight excluding hydrogens is 167 g/mol. The van der Waals surface area contributed by atoms with Crippen LogP contribution in [0.2, 0.25) is 0 Å². The van der Waals surface area contributed by atoms with Gasteiger partial charge in [-0.3, -0.25) is 0 Å². The van der Waals surface area contributed by atoms with E-state index in [2.05, 4.69) is 0 Å². The summed E-state index contributed by atoms with van der Waals surface area (Å²) in [7, 11) is -1.47. The van der Waals surface area contributed by atoms with Gasteiger partial charge in [-0.25, -0.2) is 0 Å². The molecule has 4 heteroatoms. The molecule has 0 saturated heterocycles. The molecular formula is C9H9BO3. The first-order valence-corrected chi connectivity index (χ1v) is 4.07. The van der Waals surface area contributed by atoms with E-state index in [1.165, 1.54) is 0 Å². The highest BCUT2D eigenvalue weighted by Crippen LogP contribution is 2.25. The Labute approximate surface area is 76.4 Å². The van der Waals surface area contributed by atoms with E-state index in [0.29, 0.717) is 5.75 Å². The third-order valence-corrected chi connectivity index (χ3v) is 1.94. The van der Waals surface area contributed by atoms with E-state index in [-0.39, 0.29) is 0 Å². The lowest BCUT2D eigenvalue weighted by atomic mass is 9.81. The number of fused-ring (bicyclic) bond motifs is 1. The van der Waals surface area contributed by atoms with E-state index in [9.17, 15) is 0 Å². The van der Waals surface area contributed by atoms with E-state index in [1.807, 2.05) is 24.3 Å². The average Bonchev–Trinajstić information content (AvgIpc) is 2.17. The molecule has 2 rings (SSSR count). The van der Waals surface area contributed by atoms with Crippen LogP contribution < -0.4 is 4.74 Å². The van der Waals surface area contributed by atoms with Gasteiger partial charge in [-0.15, -0.1) is 0 Å². The Morgan fingerprint density at radius 2 is 2.00 bits per heavy atom. The SMILES string of the molecule is OB(O)C1C=Cc2ccccc2O1. The van der Waals surface area contributed by atoms with Crippen molar-refractivity contribution in [1.82, 2.24) is 0 Å². The summed E-state index contributed by atoms with van der Waals surface area (Å²) in [5, 5.41) is 17.8. The molecule has 1 aromatic carbocycles. The highest BCUT2D eigenvalue weighted by atomic mass is 16.5. The molecule has 0 spiro atoms. The molecule has 0 amide bonds. The third-order valence-electron chi connectivity index (χ3n) is 1.94. The summed E-state index contributed by atoms with van der Waals surface area (Å²) in [6, 6.07) is 6.80. The van der Waals surface area contributed by atoms with Crippen molar-refractivity contribution in [3.8, 4) is 5.75 Å². The van der Waals surface area contributed by atoms with Gasteiger partial charge in [0.1, 0.15) is 5.75 Å². The van der Waals surface area contributed by atoms with Gasteiger partial charge in [0.05, 0.1) is 0 Å². The van der Waals surface area contributed by atoms with Crippen molar-refractivity contribution in [3.63, 3.8) is 0 Å². The average molecular weight is 176 g/mol. The molecule has 0 aromatic heterocycles. The molecule has 0 aliphatic carbocycles. The summed E-state index contributed by atoms with van der Waals surface area (Å²) < 4.78 is 5.31. The van der Waals surface area contributed by atoms with Crippen molar-refractivity contribution in [2.24, 2.45) is 0 Å². The second-order valence-electron chi connectivity index (χ2n) is 2.89. The summed E-state index contributed by atoms with van der Waals surface area (Å²) >= 11 is 0. The molecule has 0 fully saturated rings. The van der Waals surface area contributed by atoms with Crippen LogP contribution in [0.25, 0.3) is 6.08 Å². The minimum atomic E-state index is -1.47. The van der Waals surface area contributed by atoms with Crippen LogP contribution in [-0.4, -0.2) is 23.2 Å². The zero-order valence-electron chi connectivity index (χ0n) is 6.92. The van der Waals surface area contributed by atoms with Gasteiger partial charge in [-0.1, -0.05) is 24.3 Å². The van der Waals surface area contributed by atoms with Crippen LogP contribution in [-0.2, 0) is 0 Å². The second kappa shape index (κ2) is 3.24. The Kier molecular flexibility index (Phi) is 2.08. The fourth-order valence-corrected chi connectivity index (χ4v) is 1.27. The molecule has 13 heavy (non-hydrogen) atoms. The van der Waals surface area contributed by atoms with Crippen LogP contribution in [0.1, 0.15) is 5.56 Å². The first-order chi connectivity index (χ1) is 6.27. The topological polar surface area (TPSA) is 49.7 Å². The van der Waals surface area contributed by atoms with E-state index in [4.69, 9.17) is 14.8 Å². The lowest BCUT2D eigenvalue weighted by molar-refractivity contribution is 0.253. The van der Waals surface area contributed by atoms with Gasteiger partial charge in [0.15, 0.2) is 6.00 Å². The molecule has 1 aromatic rings. The monoisotopic (exact) mass is 176 g/mol. The number of rotatable bonds is 1. The Morgan fingerprint density at radius 3 is 2.77 bits per heavy atom. The Hall–Kier alpha value is -1.26. The zero-order chi connectivity index (χ0) is 9.26. The van der Waals surface area contributed by atoms with Crippen molar-refractivity contribution in [2.75, 3.05) is 0 Å². The molecule has 66 valence electrons. The maximum Gasteiger partial charge on any atom is 0.499 e. The van der Waals surface area contributed by atoms with Crippen LogP contribution in [0.3, 0.4) is 0 Å². The lowest BCUT2D eigenvalue weighted by Gasteiger charge is -2.20. The molecule has 0 bridgehead atoms. The Morgan fingerprint density at radius 1 is 1.23 bits per heavy atom. The van der Waals surface area contributed by atoms with Crippen LogP contribution >= 0.6 is 0 Å². The van der Waals surface area contributed by atoms with Gasteiger partial charge in [0.2, 0.25) is 0 Å². The molecule has 1 aliphatic rings. The maximum absolute atomic E-state index is 8.88. The van der Waals surface area contributed by atoms with Gasteiger partial charge in [0, 0.05) is 5.56 Å². The normalized spacial score (nSPS) is 19.1. The van der Waals surface area contributed by atoms with Crippen molar-refractivity contribution in [1.29, 1.82) is 0 Å². The van der Waals surface area contributed by atoms with Gasteiger partial charge in [-0.05, 0) is 12.1 Å². The van der Waals surface area contributed by atoms with Gasteiger partial charge in [-0.2, -0.15) is 0 Å². The molecule has 0 radical (unpaired) electrons. The lowest BCUT2D eigenvalue weighted by Crippen LogP contribution is -2.35. The number of hydrogen-bond acceptors (Lipinski definition) is 3. The predicted molar refractivity (Wildman–Crippen MR) is 50.1 cm³/mol. The van der Waals surface area contributed by atoms with Crippen molar-refractivity contribution >= 4 is 13.2 Å². The van der Waals surface area contributed by atoms with Gasteiger partial charge in [0.25, 0.3) is 0 Å². The van der Waals surface area contributed by atoms with Crippen molar-refractivity contribution < 1.29 is 14.8 Å². The van der Waals surface area contributed by atoms with Crippen LogP contribution in [0.4, 0.5) is 0 Å². The first kappa shape index (κ1) is 8.35. The fraction of sp³-hybridized carbons (Fsp3) is 0.111. The maximum atomic E-state index is 8.88. The summed E-state index contributed by atoms with van der Waals surface area (Å²) in [5.41, 5.74) is 0.958. The zero-order valence-corrected chi connectivity index (χ0v) is 6.92. The van der Waals surface area contributed by atoms with Crippen molar-refractivity contribution in [2.45, 2.75) is 6.00 Å². The predicted octanol–water partition coefficient (Wildman–Crippen LogP) is 0.473. The molecule has 1 atom stereocenters. The van der Waals surface area contributed by atoms with Gasteiger partial charge < -0.3 is 14.8 Å². The van der Waals surface area contributed by atoms with Crippen molar-refractivity contribution in [3.05, 3.63) is 35.9 Å². The highest BCUT2D eigenvalue weighted by molar-refractivity contribution is 6.43. The summed E-state index contributed by atoms with van der Waals surface area (Å²) in [5.74, 6) is 0.683. The number of ether oxygens (including phenoxy) is 1. The second-order valence-corrected chi connectivity index (χ2v) is 2.89. The molecule has 3 nitrogen and oxygen atoms in total. The molecule has 2 N–H and O–H groups in total. The Balaban J connectivity index is 2.29. The minimum absolute atomic E-state index is 0.658. The molecule has 1 heterocycles. The van der Waals surface area contributed by atoms with E-state index in [1.54, 1.807) is 12.1 Å². The number of para-hydroxylation sites is 1. The molecule has 1 unspecified atom stereocenters. The van der Waals surface area contributed by atoms with Crippen LogP contribution in [0.5, 0.6) is 5.75 Å². The largest absolute Gasteiger partial charge is 0.499 e. The van der Waals surface area contributed by atoms with E-state index in [0.717, 1.165) is 5.56 Å². The van der Waals surface area contributed by atoms with Gasteiger partial charge >= 0.3 is 7.12 Å².